The number of unbranched alkanes of at least 4 members (excludes halogenated alkanes) is 7. The Kier molecular flexibility index (Phi) is 6.82. The van der Waals surface area contributed by atoms with Crippen LogP contribution in [0.5, 0.6) is 0 Å². The fraction of sp³-hybridized carbons (Fsp3) is 0.750. The molecular formula is C16H26O3. The molecule has 1 atom stereocenters. The first-order chi connectivity index (χ1) is 9.08. The van der Waals surface area contributed by atoms with Crippen molar-refractivity contribution in [2.24, 2.45) is 5.41 Å². The summed E-state index contributed by atoms with van der Waals surface area (Å²) < 4.78 is 4.58. The molecular weight excluding hydrogens is 240 g/mol. The van der Waals surface area contributed by atoms with Gasteiger partial charge in [0.2, 0.25) is 0 Å². The molecule has 0 aromatic carbocycles. The maximum Gasteiger partial charge on any atom is 0.323 e. The van der Waals surface area contributed by atoms with Crippen LogP contribution < -0.4 is 0 Å². The predicted octanol–water partition coefficient (Wildman–Crippen LogP) is 4.16. The van der Waals surface area contributed by atoms with Gasteiger partial charge in [0.25, 0.3) is 0 Å². The summed E-state index contributed by atoms with van der Waals surface area (Å²) >= 11 is 0. The number of ether oxygens (including phenoxy) is 1. The topological polar surface area (TPSA) is 43.4 Å². The van der Waals surface area contributed by atoms with Crippen molar-refractivity contribution in [1.82, 2.24) is 0 Å². The molecule has 1 aliphatic heterocycles. The van der Waals surface area contributed by atoms with E-state index >= 15 is 0 Å². The Morgan fingerprint density at radius 1 is 1.11 bits per heavy atom. The summed E-state index contributed by atoms with van der Waals surface area (Å²) in [7, 11) is 0. The van der Waals surface area contributed by atoms with Gasteiger partial charge in [-0.15, -0.1) is 0 Å². The van der Waals surface area contributed by atoms with Gasteiger partial charge < -0.3 is 4.74 Å². The van der Waals surface area contributed by atoms with Crippen LogP contribution in [0.2, 0.25) is 0 Å². The molecule has 1 unspecified atom stereocenters. The standard InChI is InChI=1S/C16H26O3/c1-3-4-5-6-7-8-9-10-11-12-16(2)13-14(17)19-15(16)18/h11-12H,3-10,13H2,1-2H3. The largest absolute Gasteiger partial charge is 0.392 e. The zero-order chi connectivity index (χ0) is 14.1. The molecule has 108 valence electrons. The van der Waals surface area contributed by atoms with E-state index in [2.05, 4.69) is 11.7 Å². The molecule has 0 aromatic rings. The lowest BCUT2D eigenvalue weighted by atomic mass is 9.88. The van der Waals surface area contributed by atoms with Gasteiger partial charge in [0, 0.05) is 0 Å². The SMILES string of the molecule is CCCCCCCCCC=CC1(C)CC(=O)OC1=O. The Morgan fingerprint density at radius 3 is 2.32 bits per heavy atom. The van der Waals surface area contributed by atoms with E-state index in [1.54, 1.807) is 6.92 Å². The molecule has 1 aliphatic rings. The van der Waals surface area contributed by atoms with Crippen molar-refractivity contribution in [1.29, 1.82) is 0 Å². The van der Waals surface area contributed by atoms with Gasteiger partial charge >= 0.3 is 11.9 Å². The Bertz CT molecular complexity index is 333. The monoisotopic (exact) mass is 266 g/mol. The fourth-order valence-corrected chi connectivity index (χ4v) is 2.32. The minimum absolute atomic E-state index is 0.180. The molecule has 1 heterocycles. The van der Waals surface area contributed by atoms with Crippen LogP contribution in [0, 0.1) is 5.41 Å². The molecule has 1 fully saturated rings. The summed E-state index contributed by atoms with van der Waals surface area (Å²) in [5.41, 5.74) is -0.724. The first kappa shape index (κ1) is 15.9. The number of hydrogen-bond acceptors (Lipinski definition) is 3. The number of rotatable bonds is 9. The second-order valence-corrected chi connectivity index (χ2v) is 5.67. The number of allylic oxidation sites excluding steroid dienone is 1. The van der Waals surface area contributed by atoms with Crippen LogP contribution in [0.1, 0.15) is 71.6 Å². The third-order valence-electron chi connectivity index (χ3n) is 3.64. The molecule has 3 heteroatoms. The highest BCUT2D eigenvalue weighted by Gasteiger charge is 2.42. The van der Waals surface area contributed by atoms with Crippen LogP contribution >= 0.6 is 0 Å². The lowest BCUT2D eigenvalue weighted by molar-refractivity contribution is -0.154. The summed E-state index contributed by atoms with van der Waals surface area (Å²) in [6.07, 6.45) is 14.0. The van der Waals surface area contributed by atoms with Crippen LogP contribution in [0.15, 0.2) is 12.2 Å². The third-order valence-corrected chi connectivity index (χ3v) is 3.64. The van der Waals surface area contributed by atoms with Crippen molar-refractivity contribution in [3.63, 3.8) is 0 Å². The summed E-state index contributed by atoms with van der Waals surface area (Å²) in [6, 6.07) is 0. The lowest BCUT2D eigenvalue weighted by Gasteiger charge is -2.11. The molecule has 0 amide bonds. The Morgan fingerprint density at radius 2 is 1.74 bits per heavy atom. The maximum atomic E-state index is 11.5. The van der Waals surface area contributed by atoms with Crippen LogP contribution in [-0.2, 0) is 14.3 Å². The van der Waals surface area contributed by atoms with E-state index in [4.69, 9.17) is 0 Å². The van der Waals surface area contributed by atoms with E-state index in [9.17, 15) is 9.59 Å². The van der Waals surface area contributed by atoms with Crippen molar-refractivity contribution < 1.29 is 14.3 Å². The summed E-state index contributed by atoms with van der Waals surface area (Å²) in [6.45, 7) is 3.99. The van der Waals surface area contributed by atoms with Gasteiger partial charge in [-0.3, -0.25) is 9.59 Å². The fourth-order valence-electron chi connectivity index (χ4n) is 2.32. The Hall–Kier alpha value is -1.12. The number of carbonyl (C=O) groups is 2. The second-order valence-electron chi connectivity index (χ2n) is 5.67. The smallest absolute Gasteiger partial charge is 0.323 e. The van der Waals surface area contributed by atoms with Gasteiger partial charge in [-0.2, -0.15) is 0 Å². The van der Waals surface area contributed by atoms with E-state index in [0.29, 0.717) is 0 Å². The highest BCUT2D eigenvalue weighted by molar-refractivity contribution is 5.98. The first-order valence-electron chi connectivity index (χ1n) is 7.51. The summed E-state index contributed by atoms with van der Waals surface area (Å²) in [5.74, 6) is -0.818. The summed E-state index contributed by atoms with van der Waals surface area (Å²) in [4.78, 5) is 22.5. The van der Waals surface area contributed by atoms with Gasteiger partial charge in [-0.25, -0.2) is 0 Å². The number of cyclic esters (lactones) is 2. The van der Waals surface area contributed by atoms with E-state index < -0.39 is 17.4 Å². The zero-order valence-corrected chi connectivity index (χ0v) is 12.2. The minimum Gasteiger partial charge on any atom is -0.392 e. The number of carbonyl (C=O) groups excluding carboxylic acids is 2. The molecule has 3 nitrogen and oxygen atoms in total. The van der Waals surface area contributed by atoms with Crippen LogP contribution in [-0.4, -0.2) is 11.9 Å². The minimum atomic E-state index is -0.724. The van der Waals surface area contributed by atoms with E-state index in [1.165, 1.54) is 38.5 Å². The van der Waals surface area contributed by atoms with Gasteiger partial charge in [0.15, 0.2) is 0 Å². The predicted molar refractivity (Wildman–Crippen MR) is 75.6 cm³/mol. The molecule has 0 aromatic heterocycles. The average molecular weight is 266 g/mol. The molecule has 1 rings (SSSR count). The zero-order valence-electron chi connectivity index (χ0n) is 12.2. The number of esters is 2. The van der Waals surface area contributed by atoms with E-state index in [-0.39, 0.29) is 6.42 Å². The molecule has 1 saturated heterocycles. The Balaban J connectivity index is 2.10. The quantitative estimate of drug-likeness (QED) is 0.272. The van der Waals surface area contributed by atoms with Crippen molar-refractivity contribution in [3.8, 4) is 0 Å². The van der Waals surface area contributed by atoms with Crippen LogP contribution in [0.3, 0.4) is 0 Å². The van der Waals surface area contributed by atoms with Gasteiger partial charge in [-0.05, 0) is 19.8 Å². The summed E-state index contributed by atoms with van der Waals surface area (Å²) in [5, 5.41) is 0. The number of hydrogen-bond donors (Lipinski definition) is 0. The van der Waals surface area contributed by atoms with Crippen LogP contribution in [0.4, 0.5) is 0 Å². The van der Waals surface area contributed by atoms with Crippen molar-refractivity contribution in [2.45, 2.75) is 71.6 Å². The molecule has 0 radical (unpaired) electrons. The third kappa shape index (κ3) is 5.58. The maximum absolute atomic E-state index is 11.5. The first-order valence-corrected chi connectivity index (χ1v) is 7.51. The lowest BCUT2D eigenvalue weighted by Crippen LogP contribution is -2.18. The van der Waals surface area contributed by atoms with Gasteiger partial charge in [-0.1, -0.05) is 57.6 Å². The Labute approximate surface area is 116 Å². The molecule has 19 heavy (non-hydrogen) atoms. The van der Waals surface area contributed by atoms with Crippen molar-refractivity contribution >= 4 is 11.9 Å². The molecule has 0 bridgehead atoms. The second kappa shape index (κ2) is 8.13. The highest BCUT2D eigenvalue weighted by Crippen LogP contribution is 2.31. The van der Waals surface area contributed by atoms with Crippen LogP contribution in [0.25, 0.3) is 0 Å². The molecule has 0 spiro atoms. The average Bonchev–Trinajstić information content (AvgIpc) is 2.61. The van der Waals surface area contributed by atoms with Gasteiger partial charge in [0.1, 0.15) is 0 Å². The highest BCUT2D eigenvalue weighted by atomic mass is 16.6. The molecule has 0 N–H and O–H groups in total. The van der Waals surface area contributed by atoms with Crippen molar-refractivity contribution in [3.05, 3.63) is 12.2 Å². The van der Waals surface area contributed by atoms with Gasteiger partial charge in [0.05, 0.1) is 11.8 Å². The molecule has 0 saturated carbocycles. The van der Waals surface area contributed by atoms with E-state index in [1.807, 2.05) is 12.2 Å². The normalized spacial score (nSPS) is 23.3. The van der Waals surface area contributed by atoms with E-state index in [0.717, 1.165) is 12.8 Å². The molecule has 0 aliphatic carbocycles. The van der Waals surface area contributed by atoms with Crippen molar-refractivity contribution in [2.75, 3.05) is 0 Å².